The first-order valence-electron chi connectivity index (χ1n) is 16.8. The summed E-state index contributed by atoms with van der Waals surface area (Å²) in [6.45, 7) is 0. The van der Waals surface area contributed by atoms with Crippen LogP contribution in [0.15, 0.2) is 179 Å². The van der Waals surface area contributed by atoms with Gasteiger partial charge in [0, 0.05) is 33.5 Å². The minimum absolute atomic E-state index is 0.734. The third-order valence-corrected chi connectivity index (χ3v) is 9.87. The van der Waals surface area contributed by atoms with Crippen LogP contribution in [0.1, 0.15) is 23.1 Å². The first-order valence-corrected chi connectivity index (χ1v) is 16.8. The maximum Gasteiger partial charge on any atom is 0.159 e. The molecule has 3 heterocycles. The quantitative estimate of drug-likeness (QED) is 0.191. The summed E-state index contributed by atoms with van der Waals surface area (Å²) in [6.07, 6.45) is 3.07. The van der Waals surface area contributed by atoms with Crippen molar-refractivity contribution in [2.75, 3.05) is 0 Å². The molecule has 0 N–H and O–H groups in total. The number of aliphatic imine (C=N–C) groups is 1. The average Bonchev–Trinajstić information content (AvgIpc) is 3.64. The molecule has 0 atom stereocenters. The zero-order chi connectivity index (χ0) is 32.3. The minimum Gasteiger partial charge on any atom is -0.454 e. The molecule has 3 nitrogen and oxygen atoms in total. The van der Waals surface area contributed by atoms with Crippen molar-refractivity contribution >= 4 is 60.7 Å². The smallest absolute Gasteiger partial charge is 0.159 e. The summed E-state index contributed by atoms with van der Waals surface area (Å²) in [7, 11) is 0. The van der Waals surface area contributed by atoms with E-state index in [0.29, 0.717) is 0 Å². The number of para-hydroxylation sites is 3. The maximum absolute atomic E-state index is 6.86. The summed E-state index contributed by atoms with van der Waals surface area (Å²) in [6, 6.07) is 58.0. The summed E-state index contributed by atoms with van der Waals surface area (Å²) in [5.74, 6) is 0. The Morgan fingerprint density at radius 3 is 2.08 bits per heavy atom. The molecule has 230 valence electrons. The number of aromatic nitrogens is 1. The number of nitrogens with zero attached hydrogens (tertiary/aromatic N) is 2. The van der Waals surface area contributed by atoms with Gasteiger partial charge in [0.2, 0.25) is 0 Å². The Labute approximate surface area is 283 Å². The summed E-state index contributed by atoms with van der Waals surface area (Å²) >= 11 is 0. The van der Waals surface area contributed by atoms with Crippen LogP contribution >= 0.6 is 0 Å². The normalized spacial score (nSPS) is 13.1. The van der Waals surface area contributed by atoms with Gasteiger partial charge in [0.05, 0.1) is 28.1 Å². The van der Waals surface area contributed by atoms with E-state index in [2.05, 4.69) is 174 Å². The zero-order valence-electron chi connectivity index (χ0n) is 26.7. The van der Waals surface area contributed by atoms with Crippen molar-refractivity contribution in [1.29, 1.82) is 0 Å². The Hall–Kier alpha value is -6.45. The van der Waals surface area contributed by atoms with E-state index in [1.807, 2.05) is 0 Å². The Balaban J connectivity index is 1.19. The van der Waals surface area contributed by atoms with Crippen molar-refractivity contribution in [3.8, 4) is 16.8 Å². The minimum atomic E-state index is 0.734. The molecule has 0 spiro atoms. The van der Waals surface area contributed by atoms with Crippen LogP contribution in [0.3, 0.4) is 0 Å². The Morgan fingerprint density at radius 2 is 1.20 bits per heavy atom. The van der Waals surface area contributed by atoms with Crippen LogP contribution in [0.25, 0.3) is 66.1 Å². The first-order chi connectivity index (χ1) is 24.3. The number of fused-ring (bicyclic) bond motifs is 7. The van der Waals surface area contributed by atoms with Crippen LogP contribution in [0.2, 0.25) is 0 Å². The second kappa shape index (κ2) is 11.1. The van der Waals surface area contributed by atoms with Crippen LogP contribution in [0.4, 0.5) is 5.69 Å². The molecule has 1 aliphatic heterocycles. The predicted molar refractivity (Wildman–Crippen MR) is 204 cm³/mol. The fourth-order valence-corrected chi connectivity index (χ4v) is 7.64. The van der Waals surface area contributed by atoms with E-state index in [-0.39, 0.29) is 0 Å². The average molecular weight is 627 g/mol. The van der Waals surface area contributed by atoms with Gasteiger partial charge >= 0.3 is 0 Å². The Kier molecular flexibility index (Phi) is 6.25. The summed E-state index contributed by atoms with van der Waals surface area (Å²) in [5, 5.41) is 4.66. The van der Waals surface area contributed by atoms with Gasteiger partial charge in [0.15, 0.2) is 5.58 Å². The fraction of sp³-hybridized carbons (Fsp3) is 0.0217. The van der Waals surface area contributed by atoms with Crippen molar-refractivity contribution in [2.24, 2.45) is 4.99 Å². The van der Waals surface area contributed by atoms with Crippen molar-refractivity contribution in [3.05, 3.63) is 187 Å². The van der Waals surface area contributed by atoms with E-state index in [1.54, 1.807) is 0 Å². The van der Waals surface area contributed by atoms with Crippen LogP contribution in [0, 0.1) is 0 Å². The molecule has 0 radical (unpaired) electrons. The van der Waals surface area contributed by atoms with Crippen molar-refractivity contribution in [2.45, 2.75) is 6.42 Å². The largest absolute Gasteiger partial charge is 0.454 e. The maximum atomic E-state index is 6.86. The van der Waals surface area contributed by atoms with Gasteiger partial charge in [-0.2, -0.15) is 0 Å². The van der Waals surface area contributed by atoms with Crippen molar-refractivity contribution in [1.82, 2.24) is 4.57 Å². The molecular formula is C46H30N2O. The molecule has 0 saturated heterocycles. The molecule has 0 aliphatic carbocycles. The van der Waals surface area contributed by atoms with Gasteiger partial charge in [0.1, 0.15) is 5.58 Å². The van der Waals surface area contributed by atoms with E-state index >= 15 is 0 Å². The zero-order valence-corrected chi connectivity index (χ0v) is 26.7. The fourth-order valence-electron chi connectivity index (χ4n) is 7.64. The summed E-state index contributed by atoms with van der Waals surface area (Å²) in [5.41, 5.74) is 14.2. The van der Waals surface area contributed by atoms with Gasteiger partial charge in [-0.1, -0.05) is 133 Å². The molecule has 7 aromatic carbocycles. The SMILES string of the molecule is C1=C(c2cccc3oc4c(-n5c6ccccc6c6cc(-c7ccccc7)ccc65)cccc4c23)c2ccccc2N=C(c2ccccc2)C1. The highest BCUT2D eigenvalue weighted by atomic mass is 16.3. The number of hydrogen-bond donors (Lipinski definition) is 0. The standard InChI is InChI=1S/C46H30N2O/c1-3-13-30(14-4-1)32-25-28-42-38(29-32)35-18-8-10-22-41(35)48(42)43-23-11-20-37-45-36(19-12-24-44(45)49-46(37)43)33-26-27-39(31-15-5-2-6-16-31)47-40-21-9-7-17-34(33)40/h1-26,28-29H,27H2. The van der Waals surface area contributed by atoms with E-state index in [4.69, 9.17) is 9.41 Å². The molecule has 9 aromatic rings. The molecule has 0 fully saturated rings. The van der Waals surface area contributed by atoms with Gasteiger partial charge < -0.3 is 8.98 Å². The lowest BCUT2D eigenvalue weighted by molar-refractivity contribution is 0.666. The molecule has 1 aliphatic rings. The molecule has 0 unspecified atom stereocenters. The molecule has 0 bridgehead atoms. The van der Waals surface area contributed by atoms with E-state index in [0.717, 1.165) is 73.2 Å². The van der Waals surface area contributed by atoms with Gasteiger partial charge in [0.25, 0.3) is 0 Å². The van der Waals surface area contributed by atoms with Crippen molar-refractivity contribution in [3.63, 3.8) is 0 Å². The molecule has 49 heavy (non-hydrogen) atoms. The van der Waals surface area contributed by atoms with Gasteiger partial charge in [-0.3, -0.25) is 4.99 Å². The lowest BCUT2D eigenvalue weighted by atomic mass is 9.92. The molecular weight excluding hydrogens is 597 g/mol. The highest BCUT2D eigenvalue weighted by Crippen LogP contribution is 2.43. The lowest BCUT2D eigenvalue weighted by Gasteiger charge is -2.11. The monoisotopic (exact) mass is 626 g/mol. The number of hydrogen-bond acceptors (Lipinski definition) is 2. The predicted octanol–water partition coefficient (Wildman–Crippen LogP) is 12.3. The third-order valence-electron chi connectivity index (χ3n) is 9.87. The second-order valence-electron chi connectivity index (χ2n) is 12.6. The molecule has 0 amide bonds. The van der Waals surface area contributed by atoms with Gasteiger partial charge in [-0.25, -0.2) is 0 Å². The summed E-state index contributed by atoms with van der Waals surface area (Å²) in [4.78, 5) is 5.18. The van der Waals surface area contributed by atoms with Crippen LogP contribution in [-0.4, -0.2) is 10.3 Å². The van der Waals surface area contributed by atoms with Gasteiger partial charge in [-0.05, 0) is 64.2 Å². The van der Waals surface area contributed by atoms with Gasteiger partial charge in [-0.15, -0.1) is 0 Å². The highest BCUT2D eigenvalue weighted by molar-refractivity contribution is 6.17. The topological polar surface area (TPSA) is 30.4 Å². The second-order valence-corrected chi connectivity index (χ2v) is 12.6. The van der Waals surface area contributed by atoms with E-state index < -0.39 is 0 Å². The van der Waals surface area contributed by atoms with Crippen LogP contribution in [-0.2, 0) is 0 Å². The van der Waals surface area contributed by atoms with Crippen LogP contribution in [0.5, 0.6) is 0 Å². The van der Waals surface area contributed by atoms with E-state index in [9.17, 15) is 0 Å². The molecule has 10 rings (SSSR count). The number of benzene rings is 7. The number of furan rings is 1. The Bertz CT molecular complexity index is 2780. The van der Waals surface area contributed by atoms with Crippen molar-refractivity contribution < 1.29 is 4.42 Å². The Morgan fingerprint density at radius 1 is 0.510 bits per heavy atom. The molecule has 3 heteroatoms. The number of allylic oxidation sites excluding steroid dienone is 1. The first kappa shape index (κ1) is 27.6. The van der Waals surface area contributed by atoms with Crippen LogP contribution < -0.4 is 0 Å². The molecule has 0 saturated carbocycles. The third kappa shape index (κ3) is 4.40. The molecule has 2 aromatic heterocycles. The number of rotatable bonds is 4. The van der Waals surface area contributed by atoms with E-state index in [1.165, 1.54) is 27.5 Å². The highest BCUT2D eigenvalue weighted by Gasteiger charge is 2.22. The lowest BCUT2D eigenvalue weighted by Crippen LogP contribution is -1.97. The summed E-state index contributed by atoms with van der Waals surface area (Å²) < 4.78 is 9.23.